The molecule has 0 aliphatic rings. The Kier molecular flexibility index (Phi) is 4.20. The molecule has 7 heteroatoms. The standard InChI is InChI=1S/C13H18N4O2S/c1-9-6-10(2)13(11(3)7-9)20(18,19)16-5-4-12-14-8-15-17-12/h6-8,16H,4-5H2,1-3H3,(H,14,15,17). The maximum absolute atomic E-state index is 12.4. The monoisotopic (exact) mass is 294 g/mol. The first-order chi connectivity index (χ1) is 9.40. The van der Waals surface area contributed by atoms with Crippen molar-refractivity contribution in [2.45, 2.75) is 32.1 Å². The molecule has 20 heavy (non-hydrogen) atoms. The molecular weight excluding hydrogens is 276 g/mol. The summed E-state index contributed by atoms with van der Waals surface area (Å²) in [5.74, 6) is 0.657. The first-order valence-electron chi connectivity index (χ1n) is 6.32. The fraction of sp³-hybridized carbons (Fsp3) is 0.385. The molecule has 1 aromatic heterocycles. The Bertz CT molecular complexity index is 670. The highest BCUT2D eigenvalue weighted by Crippen LogP contribution is 2.21. The number of nitrogens with zero attached hydrogens (tertiary/aromatic N) is 2. The molecule has 0 spiro atoms. The molecule has 0 fully saturated rings. The lowest BCUT2D eigenvalue weighted by Gasteiger charge is -2.12. The van der Waals surface area contributed by atoms with Crippen LogP contribution in [0.5, 0.6) is 0 Å². The van der Waals surface area contributed by atoms with Crippen molar-refractivity contribution in [1.29, 1.82) is 0 Å². The first kappa shape index (κ1) is 14.7. The number of sulfonamides is 1. The summed E-state index contributed by atoms with van der Waals surface area (Å²) in [4.78, 5) is 4.32. The van der Waals surface area contributed by atoms with Crippen molar-refractivity contribution in [3.63, 3.8) is 0 Å². The zero-order chi connectivity index (χ0) is 14.8. The number of H-pyrrole nitrogens is 1. The van der Waals surface area contributed by atoms with Gasteiger partial charge in [0, 0.05) is 13.0 Å². The smallest absolute Gasteiger partial charge is 0.241 e. The molecule has 0 amide bonds. The molecule has 2 N–H and O–H groups in total. The molecule has 0 bridgehead atoms. The van der Waals surface area contributed by atoms with E-state index in [4.69, 9.17) is 0 Å². The van der Waals surface area contributed by atoms with Gasteiger partial charge in [-0.05, 0) is 31.9 Å². The summed E-state index contributed by atoms with van der Waals surface area (Å²) in [6, 6.07) is 3.75. The lowest BCUT2D eigenvalue weighted by atomic mass is 10.1. The third-order valence-corrected chi connectivity index (χ3v) is 4.76. The normalized spacial score (nSPS) is 11.8. The predicted molar refractivity (Wildman–Crippen MR) is 75.9 cm³/mol. The average Bonchev–Trinajstić information content (AvgIpc) is 2.79. The highest BCUT2D eigenvalue weighted by atomic mass is 32.2. The maximum atomic E-state index is 12.4. The number of benzene rings is 1. The number of hydrogen-bond donors (Lipinski definition) is 2. The van der Waals surface area contributed by atoms with E-state index >= 15 is 0 Å². The Hall–Kier alpha value is -1.73. The van der Waals surface area contributed by atoms with Gasteiger partial charge in [0.25, 0.3) is 0 Å². The second-order valence-corrected chi connectivity index (χ2v) is 6.51. The van der Waals surface area contributed by atoms with Crippen molar-refractivity contribution in [1.82, 2.24) is 19.9 Å². The summed E-state index contributed by atoms with van der Waals surface area (Å²) >= 11 is 0. The van der Waals surface area contributed by atoms with E-state index in [1.54, 1.807) is 0 Å². The highest BCUT2D eigenvalue weighted by Gasteiger charge is 2.19. The lowest BCUT2D eigenvalue weighted by Crippen LogP contribution is -2.27. The van der Waals surface area contributed by atoms with Gasteiger partial charge in [0.05, 0.1) is 4.90 Å². The molecule has 108 valence electrons. The molecule has 2 rings (SSSR count). The van der Waals surface area contributed by atoms with E-state index in [-0.39, 0.29) is 6.54 Å². The Morgan fingerprint density at radius 2 is 1.85 bits per heavy atom. The van der Waals surface area contributed by atoms with Crippen LogP contribution in [-0.2, 0) is 16.4 Å². The number of aryl methyl sites for hydroxylation is 3. The second-order valence-electron chi connectivity index (χ2n) is 4.81. The molecule has 0 saturated carbocycles. The van der Waals surface area contributed by atoms with Crippen molar-refractivity contribution in [2.75, 3.05) is 6.54 Å². The second kappa shape index (κ2) is 5.72. The minimum Gasteiger partial charge on any atom is -0.263 e. The van der Waals surface area contributed by atoms with E-state index in [0.29, 0.717) is 17.1 Å². The minimum absolute atomic E-state index is 0.282. The number of rotatable bonds is 5. The molecule has 0 aliphatic heterocycles. The maximum Gasteiger partial charge on any atom is 0.241 e. The van der Waals surface area contributed by atoms with Gasteiger partial charge in [-0.3, -0.25) is 5.10 Å². The van der Waals surface area contributed by atoms with Crippen LogP contribution < -0.4 is 4.72 Å². The summed E-state index contributed by atoms with van der Waals surface area (Å²) < 4.78 is 27.3. The topological polar surface area (TPSA) is 87.7 Å². The Labute approximate surface area is 118 Å². The summed E-state index contributed by atoms with van der Waals surface area (Å²) in [6.45, 7) is 5.86. The van der Waals surface area contributed by atoms with Crippen molar-refractivity contribution < 1.29 is 8.42 Å². The van der Waals surface area contributed by atoms with Gasteiger partial charge in [0.15, 0.2) is 0 Å². The number of nitrogens with one attached hydrogen (secondary N) is 2. The summed E-state index contributed by atoms with van der Waals surface area (Å²) in [7, 11) is -3.50. The first-order valence-corrected chi connectivity index (χ1v) is 7.80. The van der Waals surface area contributed by atoms with Crippen LogP contribution in [0.1, 0.15) is 22.5 Å². The third-order valence-electron chi connectivity index (χ3n) is 2.99. The van der Waals surface area contributed by atoms with Crippen LogP contribution in [0.15, 0.2) is 23.4 Å². The molecule has 0 aliphatic carbocycles. The highest BCUT2D eigenvalue weighted by molar-refractivity contribution is 7.89. The van der Waals surface area contributed by atoms with E-state index in [9.17, 15) is 8.42 Å². The van der Waals surface area contributed by atoms with Crippen LogP contribution in [0.3, 0.4) is 0 Å². The fourth-order valence-electron chi connectivity index (χ4n) is 2.32. The number of hydrogen-bond acceptors (Lipinski definition) is 4. The van der Waals surface area contributed by atoms with Crippen LogP contribution in [0.25, 0.3) is 0 Å². The van der Waals surface area contributed by atoms with Crippen molar-refractivity contribution in [3.8, 4) is 0 Å². The molecule has 0 unspecified atom stereocenters. The molecule has 0 atom stereocenters. The van der Waals surface area contributed by atoms with Gasteiger partial charge in [-0.25, -0.2) is 18.1 Å². The van der Waals surface area contributed by atoms with Gasteiger partial charge in [-0.1, -0.05) is 17.7 Å². The fourth-order valence-corrected chi connectivity index (χ4v) is 3.80. The SMILES string of the molecule is Cc1cc(C)c(S(=O)(=O)NCCc2ncn[nH]2)c(C)c1. The minimum atomic E-state index is -3.50. The van der Waals surface area contributed by atoms with Gasteiger partial charge >= 0.3 is 0 Å². The van der Waals surface area contributed by atoms with Crippen LogP contribution in [0, 0.1) is 20.8 Å². The number of aromatic nitrogens is 3. The summed E-state index contributed by atoms with van der Waals surface area (Å²) in [5, 5.41) is 6.42. The van der Waals surface area contributed by atoms with Gasteiger partial charge in [0.1, 0.15) is 12.2 Å². The zero-order valence-electron chi connectivity index (χ0n) is 11.8. The van der Waals surface area contributed by atoms with E-state index in [1.807, 2.05) is 32.9 Å². The Morgan fingerprint density at radius 3 is 2.40 bits per heavy atom. The van der Waals surface area contributed by atoms with Gasteiger partial charge in [-0.2, -0.15) is 5.10 Å². The van der Waals surface area contributed by atoms with E-state index in [0.717, 1.165) is 16.7 Å². The van der Waals surface area contributed by atoms with Crippen molar-refractivity contribution >= 4 is 10.0 Å². The van der Waals surface area contributed by atoms with Gasteiger partial charge in [-0.15, -0.1) is 0 Å². The Balaban J connectivity index is 2.14. The predicted octanol–water partition coefficient (Wildman–Crippen LogP) is 1.25. The Morgan fingerprint density at radius 1 is 1.20 bits per heavy atom. The molecule has 1 aromatic carbocycles. The van der Waals surface area contributed by atoms with Crippen LogP contribution in [0.2, 0.25) is 0 Å². The van der Waals surface area contributed by atoms with Crippen molar-refractivity contribution in [3.05, 3.63) is 41.0 Å². The lowest BCUT2D eigenvalue weighted by molar-refractivity contribution is 0.579. The van der Waals surface area contributed by atoms with Gasteiger partial charge in [0.2, 0.25) is 10.0 Å². The molecule has 1 heterocycles. The zero-order valence-corrected chi connectivity index (χ0v) is 12.6. The van der Waals surface area contributed by atoms with Gasteiger partial charge < -0.3 is 0 Å². The quantitative estimate of drug-likeness (QED) is 0.868. The third kappa shape index (κ3) is 3.23. The largest absolute Gasteiger partial charge is 0.263 e. The van der Waals surface area contributed by atoms with Crippen LogP contribution in [0.4, 0.5) is 0 Å². The molecule has 0 radical (unpaired) electrons. The molecular formula is C13H18N4O2S. The average molecular weight is 294 g/mol. The van der Waals surface area contributed by atoms with E-state index in [1.165, 1.54) is 6.33 Å². The molecule has 6 nitrogen and oxygen atoms in total. The van der Waals surface area contributed by atoms with E-state index in [2.05, 4.69) is 19.9 Å². The summed E-state index contributed by atoms with van der Waals surface area (Å²) in [6.07, 6.45) is 1.88. The summed E-state index contributed by atoms with van der Waals surface area (Å²) in [5.41, 5.74) is 2.57. The molecule has 2 aromatic rings. The number of aromatic amines is 1. The van der Waals surface area contributed by atoms with Crippen molar-refractivity contribution in [2.24, 2.45) is 0 Å². The molecule has 0 saturated heterocycles. The van der Waals surface area contributed by atoms with Crippen LogP contribution in [-0.4, -0.2) is 30.1 Å². The van der Waals surface area contributed by atoms with Crippen LogP contribution >= 0.6 is 0 Å². The van der Waals surface area contributed by atoms with E-state index < -0.39 is 10.0 Å².